The van der Waals surface area contributed by atoms with Crippen molar-refractivity contribution in [2.75, 3.05) is 25.2 Å². The Morgan fingerprint density at radius 1 is 1.44 bits per heavy atom. The molecule has 1 N–H and O–H groups in total. The Kier molecular flexibility index (Phi) is 7.08. The van der Waals surface area contributed by atoms with E-state index < -0.39 is 5.54 Å². The molecule has 1 aliphatic carbocycles. The maximum Gasteiger partial charge on any atom is 0.326 e. The van der Waals surface area contributed by atoms with Gasteiger partial charge in [-0.15, -0.1) is 0 Å². The highest BCUT2D eigenvalue weighted by molar-refractivity contribution is 7.99. The third-order valence-corrected chi connectivity index (χ3v) is 5.05. The highest BCUT2D eigenvalue weighted by atomic mass is 32.2. The number of ether oxygens (including phenoxy) is 1. The normalized spacial score (nSPS) is 19.7. The molecular weight excluding hydrogens is 246 g/mol. The number of nitrogens with one attached hydrogen (secondary N) is 1. The molecule has 0 amide bonds. The molecule has 1 saturated carbocycles. The number of rotatable bonds is 8. The Morgan fingerprint density at radius 3 is 2.67 bits per heavy atom. The van der Waals surface area contributed by atoms with Crippen molar-refractivity contribution in [1.82, 2.24) is 5.32 Å². The summed E-state index contributed by atoms with van der Waals surface area (Å²) in [6, 6.07) is 0. The van der Waals surface area contributed by atoms with Crippen LogP contribution in [0.3, 0.4) is 0 Å². The van der Waals surface area contributed by atoms with Gasteiger partial charge in [-0.2, -0.15) is 11.8 Å². The zero-order valence-corrected chi connectivity index (χ0v) is 12.8. The van der Waals surface area contributed by atoms with Gasteiger partial charge >= 0.3 is 5.97 Å². The lowest BCUT2D eigenvalue weighted by molar-refractivity contribution is -0.150. The van der Waals surface area contributed by atoms with Gasteiger partial charge in [-0.1, -0.05) is 12.8 Å². The van der Waals surface area contributed by atoms with Crippen LogP contribution >= 0.6 is 11.8 Å². The van der Waals surface area contributed by atoms with E-state index in [2.05, 4.69) is 5.32 Å². The zero-order valence-electron chi connectivity index (χ0n) is 12.0. The lowest BCUT2D eigenvalue weighted by Gasteiger charge is -2.26. The van der Waals surface area contributed by atoms with E-state index in [-0.39, 0.29) is 5.97 Å². The fraction of sp³-hybridized carbons (Fsp3) is 0.929. The Hall–Kier alpha value is -0.220. The van der Waals surface area contributed by atoms with Gasteiger partial charge in [0.15, 0.2) is 0 Å². The summed E-state index contributed by atoms with van der Waals surface area (Å²) in [5, 5.41) is 3.10. The zero-order chi connectivity index (χ0) is 13.4. The Morgan fingerprint density at radius 2 is 2.11 bits per heavy atom. The van der Waals surface area contributed by atoms with Crippen molar-refractivity contribution >= 4 is 17.7 Å². The van der Waals surface area contributed by atoms with Crippen LogP contribution in [-0.4, -0.2) is 36.7 Å². The molecule has 1 fully saturated rings. The third kappa shape index (κ3) is 4.81. The van der Waals surface area contributed by atoms with Gasteiger partial charge in [-0.05, 0) is 57.6 Å². The van der Waals surface area contributed by atoms with Crippen LogP contribution in [0.5, 0.6) is 0 Å². The molecule has 1 unspecified atom stereocenters. The Balaban J connectivity index is 2.23. The SMILES string of the molecule is CCOC(=O)C(C)(CCSCC1CCCC1)NC. The molecule has 0 heterocycles. The Labute approximate surface area is 115 Å². The molecule has 4 heteroatoms. The second kappa shape index (κ2) is 8.05. The third-order valence-electron chi connectivity index (χ3n) is 3.85. The highest BCUT2D eigenvalue weighted by Crippen LogP contribution is 2.28. The van der Waals surface area contributed by atoms with Gasteiger partial charge in [0.1, 0.15) is 5.54 Å². The van der Waals surface area contributed by atoms with Gasteiger partial charge in [-0.3, -0.25) is 4.79 Å². The van der Waals surface area contributed by atoms with E-state index in [4.69, 9.17) is 4.74 Å². The highest BCUT2D eigenvalue weighted by Gasteiger charge is 2.32. The number of hydrogen-bond donors (Lipinski definition) is 1. The molecule has 0 saturated heterocycles. The van der Waals surface area contributed by atoms with Crippen LogP contribution < -0.4 is 5.32 Å². The summed E-state index contributed by atoms with van der Waals surface area (Å²) in [6.07, 6.45) is 6.44. The molecule has 0 aromatic rings. The van der Waals surface area contributed by atoms with Gasteiger partial charge in [0.25, 0.3) is 0 Å². The number of thioether (sulfide) groups is 1. The minimum absolute atomic E-state index is 0.131. The molecule has 0 aliphatic heterocycles. The number of carbonyl (C=O) groups is 1. The average Bonchev–Trinajstić information content (AvgIpc) is 2.87. The molecule has 106 valence electrons. The monoisotopic (exact) mass is 273 g/mol. The summed E-state index contributed by atoms with van der Waals surface area (Å²) in [6.45, 7) is 4.23. The molecule has 0 aromatic heterocycles. The molecule has 3 nitrogen and oxygen atoms in total. The first kappa shape index (κ1) is 15.8. The largest absolute Gasteiger partial charge is 0.465 e. The summed E-state index contributed by atoms with van der Waals surface area (Å²) in [5.41, 5.74) is -0.529. The van der Waals surface area contributed by atoms with Crippen LogP contribution in [0.2, 0.25) is 0 Å². The first-order chi connectivity index (χ1) is 8.62. The van der Waals surface area contributed by atoms with Gasteiger partial charge in [0, 0.05) is 0 Å². The average molecular weight is 273 g/mol. The Bertz CT molecular complexity index is 254. The molecular formula is C14H27NO2S. The lowest BCUT2D eigenvalue weighted by atomic mass is 10.00. The van der Waals surface area contributed by atoms with Crippen molar-refractivity contribution < 1.29 is 9.53 Å². The number of likely N-dealkylation sites (N-methyl/N-ethyl adjacent to an activating group) is 1. The molecule has 1 atom stereocenters. The van der Waals surface area contributed by atoms with E-state index >= 15 is 0 Å². The predicted octanol–water partition coefficient (Wildman–Crippen LogP) is 2.84. The molecule has 18 heavy (non-hydrogen) atoms. The fourth-order valence-corrected chi connectivity index (χ4v) is 3.71. The van der Waals surface area contributed by atoms with Crippen molar-refractivity contribution in [2.45, 2.75) is 51.5 Å². The summed E-state index contributed by atoms with van der Waals surface area (Å²) in [4.78, 5) is 11.9. The minimum atomic E-state index is -0.529. The van der Waals surface area contributed by atoms with Crippen LogP contribution in [0.4, 0.5) is 0 Å². The molecule has 1 aliphatic rings. The smallest absolute Gasteiger partial charge is 0.326 e. The minimum Gasteiger partial charge on any atom is -0.465 e. The molecule has 0 radical (unpaired) electrons. The van der Waals surface area contributed by atoms with E-state index in [1.54, 1.807) is 0 Å². The van der Waals surface area contributed by atoms with Crippen molar-refractivity contribution in [3.63, 3.8) is 0 Å². The summed E-state index contributed by atoms with van der Waals surface area (Å²) < 4.78 is 5.12. The summed E-state index contributed by atoms with van der Waals surface area (Å²) in [5.74, 6) is 3.06. The van der Waals surface area contributed by atoms with Gasteiger partial charge in [0.05, 0.1) is 6.61 Å². The fourth-order valence-electron chi connectivity index (χ4n) is 2.32. The molecule has 0 spiro atoms. The summed E-state index contributed by atoms with van der Waals surface area (Å²) >= 11 is 1.98. The van der Waals surface area contributed by atoms with Crippen LogP contribution in [0.25, 0.3) is 0 Å². The van der Waals surface area contributed by atoms with Gasteiger partial charge in [0.2, 0.25) is 0 Å². The van der Waals surface area contributed by atoms with E-state index in [1.165, 1.54) is 31.4 Å². The first-order valence-corrected chi connectivity index (χ1v) is 8.21. The first-order valence-electron chi connectivity index (χ1n) is 7.06. The van der Waals surface area contributed by atoms with Gasteiger partial charge < -0.3 is 10.1 Å². The second-order valence-corrected chi connectivity index (χ2v) is 6.43. The molecule has 0 aromatic carbocycles. The van der Waals surface area contributed by atoms with Crippen LogP contribution in [-0.2, 0) is 9.53 Å². The molecule has 0 bridgehead atoms. The number of esters is 1. The second-order valence-electron chi connectivity index (χ2n) is 5.28. The maximum absolute atomic E-state index is 11.9. The van der Waals surface area contributed by atoms with Crippen LogP contribution in [0.15, 0.2) is 0 Å². The number of carbonyl (C=O) groups excluding carboxylic acids is 1. The van der Waals surface area contributed by atoms with Crippen molar-refractivity contribution in [3.05, 3.63) is 0 Å². The van der Waals surface area contributed by atoms with Crippen LogP contribution in [0, 0.1) is 5.92 Å². The lowest BCUT2D eigenvalue weighted by Crippen LogP contribution is -2.49. The standard InChI is InChI=1S/C14H27NO2S/c1-4-17-13(16)14(2,15-3)9-10-18-11-12-7-5-6-8-12/h12,15H,4-11H2,1-3H3. The summed E-state index contributed by atoms with van der Waals surface area (Å²) in [7, 11) is 1.83. The van der Waals surface area contributed by atoms with Crippen molar-refractivity contribution in [2.24, 2.45) is 5.92 Å². The number of hydrogen-bond acceptors (Lipinski definition) is 4. The van der Waals surface area contributed by atoms with Crippen molar-refractivity contribution in [1.29, 1.82) is 0 Å². The quantitative estimate of drug-likeness (QED) is 0.545. The predicted molar refractivity (Wildman–Crippen MR) is 78.0 cm³/mol. The van der Waals surface area contributed by atoms with E-state index in [0.29, 0.717) is 6.61 Å². The van der Waals surface area contributed by atoms with Crippen molar-refractivity contribution in [3.8, 4) is 0 Å². The topological polar surface area (TPSA) is 38.3 Å². The molecule has 1 rings (SSSR count). The maximum atomic E-state index is 11.9. The van der Waals surface area contributed by atoms with E-state index in [1.807, 2.05) is 32.7 Å². The van der Waals surface area contributed by atoms with E-state index in [0.717, 1.165) is 18.1 Å². The van der Waals surface area contributed by atoms with Crippen LogP contribution in [0.1, 0.15) is 46.0 Å². The van der Waals surface area contributed by atoms with E-state index in [9.17, 15) is 4.79 Å². The van der Waals surface area contributed by atoms with Gasteiger partial charge in [-0.25, -0.2) is 0 Å².